The first-order valence-electron chi connectivity index (χ1n) is 9.39. The smallest absolute Gasteiger partial charge is 0.338 e. The van der Waals surface area contributed by atoms with E-state index in [4.69, 9.17) is 4.74 Å². The van der Waals surface area contributed by atoms with Crippen LogP contribution < -0.4 is 10.6 Å². The number of hydrogen-bond donors (Lipinski definition) is 2. The van der Waals surface area contributed by atoms with Gasteiger partial charge in [-0.2, -0.15) is 0 Å². The number of nitrogens with one attached hydrogen (secondary N) is 2. The summed E-state index contributed by atoms with van der Waals surface area (Å²) < 4.78 is 4.95. The van der Waals surface area contributed by atoms with Crippen LogP contribution in [0.25, 0.3) is 0 Å². The SMILES string of the molecule is CCOC(=O)c1ccc(NC(=O)c2cncc(NCc3ccccc3C)c2)cc1. The van der Waals surface area contributed by atoms with Crippen molar-refractivity contribution < 1.29 is 14.3 Å². The predicted octanol–water partition coefficient (Wildman–Crippen LogP) is 4.43. The van der Waals surface area contributed by atoms with E-state index < -0.39 is 0 Å². The second-order valence-corrected chi connectivity index (χ2v) is 6.49. The molecule has 2 aromatic carbocycles. The quantitative estimate of drug-likeness (QED) is 0.584. The summed E-state index contributed by atoms with van der Waals surface area (Å²) in [6.45, 7) is 4.78. The van der Waals surface area contributed by atoms with Crippen molar-refractivity contribution in [3.05, 3.63) is 89.2 Å². The van der Waals surface area contributed by atoms with E-state index >= 15 is 0 Å². The molecule has 0 aliphatic rings. The molecule has 1 amide bonds. The summed E-state index contributed by atoms with van der Waals surface area (Å²) in [4.78, 5) is 28.4. The average Bonchev–Trinajstić information content (AvgIpc) is 2.74. The molecule has 1 heterocycles. The number of aromatic nitrogens is 1. The van der Waals surface area contributed by atoms with Gasteiger partial charge in [-0.25, -0.2) is 4.79 Å². The fourth-order valence-corrected chi connectivity index (χ4v) is 2.77. The maximum atomic E-state index is 12.5. The molecule has 29 heavy (non-hydrogen) atoms. The lowest BCUT2D eigenvalue weighted by Gasteiger charge is -2.10. The van der Waals surface area contributed by atoms with Gasteiger partial charge in [-0.05, 0) is 55.3 Å². The molecule has 0 bridgehead atoms. The second-order valence-electron chi connectivity index (χ2n) is 6.49. The Morgan fingerprint density at radius 3 is 2.45 bits per heavy atom. The highest BCUT2D eigenvalue weighted by atomic mass is 16.5. The molecule has 0 spiro atoms. The standard InChI is InChI=1S/C23H23N3O3/c1-3-29-23(28)17-8-10-20(11-9-17)26-22(27)19-12-21(15-24-13-19)25-14-18-7-5-4-6-16(18)2/h4-13,15,25H,3,14H2,1-2H3,(H,26,27). The Morgan fingerprint density at radius 1 is 0.966 bits per heavy atom. The van der Waals surface area contributed by atoms with E-state index in [1.165, 1.54) is 17.3 Å². The number of nitrogens with zero attached hydrogens (tertiary/aromatic N) is 1. The highest BCUT2D eigenvalue weighted by Gasteiger charge is 2.10. The number of ether oxygens (including phenoxy) is 1. The van der Waals surface area contributed by atoms with E-state index in [0.717, 1.165) is 5.69 Å². The molecule has 0 fully saturated rings. The van der Waals surface area contributed by atoms with Crippen LogP contribution in [0.3, 0.4) is 0 Å². The van der Waals surface area contributed by atoms with E-state index in [-0.39, 0.29) is 11.9 Å². The van der Waals surface area contributed by atoms with Gasteiger partial charge in [0.05, 0.1) is 23.4 Å². The zero-order valence-electron chi connectivity index (χ0n) is 16.4. The van der Waals surface area contributed by atoms with Gasteiger partial charge in [-0.3, -0.25) is 9.78 Å². The summed E-state index contributed by atoms with van der Waals surface area (Å²) in [6.07, 6.45) is 3.20. The van der Waals surface area contributed by atoms with Crippen LogP contribution in [0, 0.1) is 6.92 Å². The summed E-state index contributed by atoms with van der Waals surface area (Å²) in [6, 6.07) is 16.4. The third-order valence-corrected chi connectivity index (χ3v) is 4.40. The van der Waals surface area contributed by atoms with Gasteiger partial charge >= 0.3 is 5.97 Å². The van der Waals surface area contributed by atoms with Crippen LogP contribution in [-0.2, 0) is 11.3 Å². The van der Waals surface area contributed by atoms with Gasteiger partial charge in [-0.15, -0.1) is 0 Å². The Hall–Kier alpha value is -3.67. The predicted molar refractivity (Wildman–Crippen MR) is 113 cm³/mol. The molecular weight excluding hydrogens is 366 g/mol. The van der Waals surface area contributed by atoms with Crippen molar-refractivity contribution in [2.45, 2.75) is 20.4 Å². The number of anilines is 2. The number of esters is 1. The van der Waals surface area contributed by atoms with Crippen molar-refractivity contribution in [3.8, 4) is 0 Å². The Labute approximate surface area is 169 Å². The zero-order valence-corrected chi connectivity index (χ0v) is 16.4. The minimum Gasteiger partial charge on any atom is -0.462 e. The lowest BCUT2D eigenvalue weighted by molar-refractivity contribution is 0.0526. The van der Waals surface area contributed by atoms with Crippen LogP contribution >= 0.6 is 0 Å². The molecule has 6 nitrogen and oxygen atoms in total. The van der Waals surface area contributed by atoms with Crippen LogP contribution in [0.15, 0.2) is 67.0 Å². The van der Waals surface area contributed by atoms with E-state index in [1.54, 1.807) is 43.5 Å². The van der Waals surface area contributed by atoms with Gasteiger partial charge in [0.2, 0.25) is 0 Å². The number of carbonyl (C=O) groups is 2. The Kier molecular flexibility index (Phi) is 6.58. The molecular formula is C23H23N3O3. The number of aryl methyl sites for hydroxylation is 1. The van der Waals surface area contributed by atoms with Crippen molar-refractivity contribution in [2.24, 2.45) is 0 Å². The molecule has 0 aliphatic carbocycles. The van der Waals surface area contributed by atoms with Crippen molar-refractivity contribution >= 4 is 23.3 Å². The number of rotatable bonds is 7. The summed E-state index contributed by atoms with van der Waals surface area (Å²) in [5, 5.41) is 6.11. The highest BCUT2D eigenvalue weighted by Crippen LogP contribution is 2.15. The van der Waals surface area contributed by atoms with E-state index in [0.29, 0.717) is 30.0 Å². The van der Waals surface area contributed by atoms with Crippen molar-refractivity contribution in [1.29, 1.82) is 0 Å². The average molecular weight is 389 g/mol. The van der Waals surface area contributed by atoms with Gasteiger partial charge in [0.15, 0.2) is 0 Å². The van der Waals surface area contributed by atoms with Gasteiger partial charge in [0.25, 0.3) is 5.91 Å². The molecule has 1 aromatic heterocycles. The molecule has 0 saturated heterocycles. The van der Waals surface area contributed by atoms with E-state index in [1.807, 2.05) is 12.1 Å². The third-order valence-electron chi connectivity index (χ3n) is 4.40. The van der Waals surface area contributed by atoms with E-state index in [9.17, 15) is 9.59 Å². The minimum atomic E-state index is -0.387. The van der Waals surface area contributed by atoms with Crippen LogP contribution in [0.4, 0.5) is 11.4 Å². The first-order valence-corrected chi connectivity index (χ1v) is 9.39. The Morgan fingerprint density at radius 2 is 1.72 bits per heavy atom. The molecule has 3 aromatic rings. The molecule has 0 unspecified atom stereocenters. The van der Waals surface area contributed by atoms with Crippen LogP contribution in [-0.4, -0.2) is 23.5 Å². The summed E-state index contributed by atoms with van der Waals surface area (Å²) in [5.41, 5.74) is 4.61. The van der Waals surface area contributed by atoms with Gasteiger partial charge < -0.3 is 15.4 Å². The molecule has 0 radical (unpaired) electrons. The lowest BCUT2D eigenvalue weighted by Crippen LogP contribution is -2.13. The number of carbonyl (C=O) groups excluding carboxylic acids is 2. The van der Waals surface area contributed by atoms with Crippen LogP contribution in [0.1, 0.15) is 38.8 Å². The summed E-state index contributed by atoms with van der Waals surface area (Å²) >= 11 is 0. The first kappa shape index (κ1) is 20.1. The molecule has 3 rings (SSSR count). The second kappa shape index (κ2) is 9.50. The number of benzene rings is 2. The largest absolute Gasteiger partial charge is 0.462 e. The minimum absolute atomic E-state index is 0.277. The zero-order chi connectivity index (χ0) is 20.6. The fourth-order valence-electron chi connectivity index (χ4n) is 2.77. The number of amides is 1. The molecule has 148 valence electrons. The van der Waals surface area contributed by atoms with Crippen LogP contribution in [0.2, 0.25) is 0 Å². The topological polar surface area (TPSA) is 80.3 Å². The molecule has 2 N–H and O–H groups in total. The maximum Gasteiger partial charge on any atom is 0.338 e. The number of pyridine rings is 1. The third kappa shape index (κ3) is 5.42. The summed E-state index contributed by atoms with van der Waals surface area (Å²) in [5.74, 6) is -0.664. The molecule has 6 heteroatoms. The van der Waals surface area contributed by atoms with Gasteiger partial charge in [-0.1, -0.05) is 24.3 Å². The van der Waals surface area contributed by atoms with Crippen LogP contribution in [0.5, 0.6) is 0 Å². The van der Waals surface area contributed by atoms with E-state index in [2.05, 4.69) is 34.7 Å². The van der Waals surface area contributed by atoms with Crippen molar-refractivity contribution in [2.75, 3.05) is 17.2 Å². The summed E-state index contributed by atoms with van der Waals surface area (Å²) in [7, 11) is 0. The van der Waals surface area contributed by atoms with Crippen molar-refractivity contribution in [1.82, 2.24) is 4.98 Å². The highest BCUT2D eigenvalue weighted by molar-refractivity contribution is 6.04. The fraction of sp³-hybridized carbons (Fsp3) is 0.174. The first-order chi connectivity index (χ1) is 14.1. The number of hydrogen-bond acceptors (Lipinski definition) is 5. The Bertz CT molecular complexity index is 1000. The van der Waals surface area contributed by atoms with Gasteiger partial charge in [0.1, 0.15) is 0 Å². The Balaban J connectivity index is 1.63. The van der Waals surface area contributed by atoms with Crippen molar-refractivity contribution in [3.63, 3.8) is 0 Å². The normalized spacial score (nSPS) is 10.3. The molecule has 0 atom stereocenters. The molecule has 0 aliphatic heterocycles. The van der Waals surface area contributed by atoms with Gasteiger partial charge in [0, 0.05) is 24.6 Å². The maximum absolute atomic E-state index is 12.5. The molecule has 0 saturated carbocycles. The lowest BCUT2D eigenvalue weighted by atomic mass is 10.1. The monoisotopic (exact) mass is 389 g/mol.